The van der Waals surface area contributed by atoms with Gasteiger partial charge >= 0.3 is 0 Å². The van der Waals surface area contributed by atoms with Crippen molar-refractivity contribution in [1.82, 2.24) is 14.9 Å². The number of rotatable bonds is 7. The number of methoxy groups -OCH3 is 1. The second-order valence-electron chi connectivity index (χ2n) is 5.84. The normalized spacial score (nSPS) is 11.8. The number of ether oxygens (including phenoxy) is 1. The van der Waals surface area contributed by atoms with E-state index < -0.39 is 0 Å². The molecular formula is C20H21N3O2. The fraction of sp³-hybridized carbons (Fsp3) is 0.200. The van der Waals surface area contributed by atoms with Crippen molar-refractivity contribution in [3.05, 3.63) is 72.2 Å². The van der Waals surface area contributed by atoms with E-state index in [0.717, 1.165) is 34.7 Å². The average Bonchev–Trinajstić information content (AvgIpc) is 3.04. The second-order valence-corrected chi connectivity index (χ2v) is 5.84. The molecule has 128 valence electrons. The van der Waals surface area contributed by atoms with E-state index in [4.69, 9.17) is 4.74 Å². The number of carbonyl (C=O) groups excluding carboxylic acids is 1. The second kappa shape index (κ2) is 7.66. The third-order valence-corrected chi connectivity index (χ3v) is 4.21. The number of nitrogens with zero attached hydrogens (tertiary/aromatic N) is 2. The van der Waals surface area contributed by atoms with Gasteiger partial charge in [0.2, 0.25) is 6.41 Å². The Morgan fingerprint density at radius 2 is 1.88 bits per heavy atom. The summed E-state index contributed by atoms with van der Waals surface area (Å²) in [5, 5.41) is 2.91. The highest BCUT2D eigenvalue weighted by atomic mass is 16.5. The van der Waals surface area contributed by atoms with Crippen LogP contribution in [0.4, 0.5) is 0 Å². The van der Waals surface area contributed by atoms with Crippen LogP contribution in [0.3, 0.4) is 0 Å². The van der Waals surface area contributed by atoms with E-state index >= 15 is 0 Å². The van der Waals surface area contributed by atoms with Crippen molar-refractivity contribution in [2.24, 2.45) is 7.05 Å². The number of amides is 1. The Hall–Kier alpha value is -3.08. The highest BCUT2D eigenvalue weighted by Gasteiger charge is 2.21. The molecule has 0 aliphatic carbocycles. The van der Waals surface area contributed by atoms with Crippen molar-refractivity contribution >= 4 is 6.41 Å². The van der Waals surface area contributed by atoms with E-state index in [0.29, 0.717) is 6.42 Å². The Balaban J connectivity index is 1.97. The van der Waals surface area contributed by atoms with Crippen molar-refractivity contribution in [3.8, 4) is 17.0 Å². The number of imidazole rings is 1. The summed E-state index contributed by atoms with van der Waals surface area (Å²) >= 11 is 0. The lowest BCUT2D eigenvalue weighted by Gasteiger charge is -2.17. The van der Waals surface area contributed by atoms with Crippen molar-refractivity contribution in [2.45, 2.75) is 12.5 Å². The first kappa shape index (κ1) is 16.8. The molecule has 0 fully saturated rings. The predicted octanol–water partition coefficient (Wildman–Crippen LogP) is 3.13. The van der Waals surface area contributed by atoms with Crippen molar-refractivity contribution < 1.29 is 9.53 Å². The molecule has 0 spiro atoms. The Labute approximate surface area is 147 Å². The van der Waals surface area contributed by atoms with E-state index in [1.165, 1.54) is 0 Å². The lowest BCUT2D eigenvalue weighted by molar-refractivity contribution is -0.110. The van der Waals surface area contributed by atoms with Gasteiger partial charge in [-0.25, -0.2) is 4.98 Å². The first-order chi connectivity index (χ1) is 12.2. The fourth-order valence-corrected chi connectivity index (χ4v) is 2.97. The molecule has 1 N–H and O–H groups in total. The summed E-state index contributed by atoms with van der Waals surface area (Å²) < 4.78 is 7.20. The highest BCUT2D eigenvalue weighted by Crippen LogP contribution is 2.30. The molecule has 1 amide bonds. The molecule has 1 heterocycles. The fourth-order valence-electron chi connectivity index (χ4n) is 2.97. The van der Waals surface area contributed by atoms with Crippen LogP contribution in [0.2, 0.25) is 0 Å². The number of benzene rings is 2. The van der Waals surface area contributed by atoms with Gasteiger partial charge in [0.25, 0.3) is 0 Å². The van der Waals surface area contributed by atoms with Crippen LogP contribution < -0.4 is 10.1 Å². The molecule has 0 radical (unpaired) electrons. The van der Waals surface area contributed by atoms with E-state index in [-0.39, 0.29) is 6.04 Å². The molecule has 5 nitrogen and oxygen atoms in total. The van der Waals surface area contributed by atoms with E-state index in [9.17, 15) is 4.79 Å². The van der Waals surface area contributed by atoms with Crippen LogP contribution in [0.25, 0.3) is 11.3 Å². The van der Waals surface area contributed by atoms with Gasteiger partial charge in [0, 0.05) is 12.6 Å². The monoisotopic (exact) mass is 335 g/mol. The molecule has 1 aromatic heterocycles. The highest BCUT2D eigenvalue weighted by molar-refractivity contribution is 5.65. The van der Waals surface area contributed by atoms with Crippen molar-refractivity contribution in [1.29, 1.82) is 0 Å². The zero-order chi connectivity index (χ0) is 17.6. The standard InChI is InChI=1S/C20H21N3O2/c1-23-13-21-19(20(23)16-8-10-17(25-2)11-9-16)18(22-14-24)12-15-6-4-3-5-7-15/h3-11,13-14,18H,12H2,1-2H3,(H,22,24). The Bertz CT molecular complexity index is 826. The number of hydrogen-bond donors (Lipinski definition) is 1. The first-order valence-corrected chi connectivity index (χ1v) is 8.12. The predicted molar refractivity (Wildman–Crippen MR) is 97.3 cm³/mol. The third-order valence-electron chi connectivity index (χ3n) is 4.21. The quantitative estimate of drug-likeness (QED) is 0.675. The van der Waals surface area contributed by atoms with Crippen LogP contribution in [-0.4, -0.2) is 23.1 Å². The summed E-state index contributed by atoms with van der Waals surface area (Å²) in [6.07, 6.45) is 3.19. The summed E-state index contributed by atoms with van der Waals surface area (Å²) in [7, 11) is 3.60. The minimum absolute atomic E-state index is 0.196. The number of aromatic nitrogens is 2. The minimum Gasteiger partial charge on any atom is -0.497 e. The van der Waals surface area contributed by atoms with Crippen LogP contribution in [0.1, 0.15) is 17.3 Å². The maximum absolute atomic E-state index is 11.2. The molecule has 5 heteroatoms. The molecule has 25 heavy (non-hydrogen) atoms. The largest absolute Gasteiger partial charge is 0.497 e. The molecule has 0 aliphatic rings. The molecule has 1 unspecified atom stereocenters. The van der Waals surface area contributed by atoms with Crippen LogP contribution in [0, 0.1) is 0 Å². The molecule has 0 aliphatic heterocycles. The van der Waals surface area contributed by atoms with E-state index in [1.807, 2.05) is 54.1 Å². The lowest BCUT2D eigenvalue weighted by atomic mass is 9.99. The van der Waals surface area contributed by atoms with E-state index in [2.05, 4.69) is 22.4 Å². The Morgan fingerprint density at radius 3 is 2.52 bits per heavy atom. The Morgan fingerprint density at radius 1 is 1.16 bits per heavy atom. The molecule has 0 saturated heterocycles. The van der Waals surface area contributed by atoms with Gasteiger partial charge in [-0.15, -0.1) is 0 Å². The summed E-state index contributed by atoms with van der Waals surface area (Å²) in [4.78, 5) is 15.7. The van der Waals surface area contributed by atoms with Gasteiger partial charge in [-0.05, 0) is 36.2 Å². The van der Waals surface area contributed by atoms with Crippen LogP contribution >= 0.6 is 0 Å². The summed E-state index contributed by atoms with van der Waals surface area (Å²) in [5.41, 5.74) is 4.01. The lowest BCUT2D eigenvalue weighted by Crippen LogP contribution is -2.23. The van der Waals surface area contributed by atoms with Gasteiger partial charge in [0.15, 0.2) is 0 Å². The van der Waals surface area contributed by atoms with Crippen LogP contribution in [0.15, 0.2) is 60.9 Å². The number of carbonyl (C=O) groups is 1. The summed E-state index contributed by atoms with van der Waals surface area (Å²) in [5.74, 6) is 0.805. The maximum atomic E-state index is 11.2. The van der Waals surface area contributed by atoms with Gasteiger partial charge in [-0.1, -0.05) is 30.3 Å². The van der Waals surface area contributed by atoms with Crippen LogP contribution in [0.5, 0.6) is 5.75 Å². The third kappa shape index (κ3) is 3.71. The molecule has 0 saturated carbocycles. The van der Waals surface area contributed by atoms with Gasteiger partial charge in [0.1, 0.15) is 5.75 Å². The SMILES string of the molecule is COc1ccc(-c2c(C(Cc3ccccc3)NC=O)ncn2C)cc1. The number of hydrogen-bond acceptors (Lipinski definition) is 3. The van der Waals surface area contributed by atoms with Gasteiger partial charge in [-0.3, -0.25) is 4.79 Å². The molecule has 1 atom stereocenters. The zero-order valence-electron chi connectivity index (χ0n) is 14.3. The topological polar surface area (TPSA) is 56.1 Å². The molecule has 3 rings (SSSR count). The zero-order valence-corrected chi connectivity index (χ0v) is 14.3. The van der Waals surface area contributed by atoms with Crippen LogP contribution in [-0.2, 0) is 18.3 Å². The Kier molecular flexibility index (Phi) is 5.14. The van der Waals surface area contributed by atoms with Gasteiger partial charge < -0.3 is 14.6 Å². The average molecular weight is 335 g/mol. The summed E-state index contributed by atoms with van der Waals surface area (Å²) in [6, 6.07) is 17.7. The van der Waals surface area contributed by atoms with Crippen molar-refractivity contribution in [2.75, 3.05) is 7.11 Å². The molecule has 3 aromatic rings. The van der Waals surface area contributed by atoms with Gasteiger partial charge in [-0.2, -0.15) is 0 Å². The smallest absolute Gasteiger partial charge is 0.207 e. The summed E-state index contributed by atoms with van der Waals surface area (Å²) in [6.45, 7) is 0. The molecular weight excluding hydrogens is 314 g/mol. The molecule has 0 bridgehead atoms. The number of nitrogens with one attached hydrogen (secondary N) is 1. The minimum atomic E-state index is -0.196. The van der Waals surface area contributed by atoms with Crippen molar-refractivity contribution in [3.63, 3.8) is 0 Å². The van der Waals surface area contributed by atoms with E-state index in [1.54, 1.807) is 13.4 Å². The van der Waals surface area contributed by atoms with Gasteiger partial charge in [0.05, 0.1) is 30.9 Å². The number of aryl methyl sites for hydroxylation is 1. The first-order valence-electron chi connectivity index (χ1n) is 8.12. The molecule has 2 aromatic carbocycles. The maximum Gasteiger partial charge on any atom is 0.207 e.